The molecule has 0 rings (SSSR count). The Bertz CT molecular complexity index is 425. The first-order chi connectivity index (χ1) is 12.4. The van der Waals surface area contributed by atoms with Crippen molar-refractivity contribution in [2.24, 2.45) is 0 Å². The van der Waals surface area contributed by atoms with Gasteiger partial charge in [0, 0.05) is 18.8 Å². The lowest BCUT2D eigenvalue weighted by molar-refractivity contribution is -0.873. The summed E-state index contributed by atoms with van der Waals surface area (Å²) < 4.78 is 6.94. The van der Waals surface area contributed by atoms with Gasteiger partial charge in [-0.25, -0.2) is 0 Å². The fourth-order valence-corrected chi connectivity index (χ4v) is 3.10. The van der Waals surface area contributed by atoms with Crippen LogP contribution >= 0.6 is 0 Å². The van der Waals surface area contributed by atoms with Crippen LogP contribution in [0.5, 0.6) is 0 Å². The molecule has 0 aromatic heterocycles. The van der Waals surface area contributed by atoms with Gasteiger partial charge in [0.05, 0.1) is 48.8 Å². The zero-order valence-corrected chi connectivity index (χ0v) is 18.6. The van der Waals surface area contributed by atoms with Gasteiger partial charge in [0.1, 0.15) is 6.54 Å². The fourth-order valence-electron chi connectivity index (χ4n) is 3.10. The Kier molecular flexibility index (Phi) is 12.6. The van der Waals surface area contributed by atoms with Crippen molar-refractivity contribution in [2.45, 2.75) is 70.3 Å². The molecule has 6 heteroatoms. The van der Waals surface area contributed by atoms with Crippen LogP contribution in [-0.4, -0.2) is 82.4 Å². The van der Waals surface area contributed by atoms with Crippen molar-refractivity contribution < 1.29 is 28.4 Å². The molecule has 0 fully saturated rings. The normalized spacial score (nSPS) is 13.4. The SMILES string of the molecule is C[N+](C)(C)CCCCCCCCCCC(=O)O[C@H](CC(=O)[O-])C[N+](C)(C)C. The second kappa shape index (κ2) is 13.1. The summed E-state index contributed by atoms with van der Waals surface area (Å²) in [5, 5.41) is 10.8. The van der Waals surface area contributed by atoms with Crippen molar-refractivity contribution in [1.29, 1.82) is 0 Å². The summed E-state index contributed by atoms with van der Waals surface area (Å²) in [6.45, 7) is 1.70. The summed E-state index contributed by atoms with van der Waals surface area (Å²) >= 11 is 0. The predicted molar refractivity (Wildman–Crippen MR) is 107 cm³/mol. The van der Waals surface area contributed by atoms with E-state index in [9.17, 15) is 14.7 Å². The Morgan fingerprint density at radius 2 is 1.26 bits per heavy atom. The van der Waals surface area contributed by atoms with Gasteiger partial charge in [-0.2, -0.15) is 0 Å². The Labute approximate surface area is 166 Å². The van der Waals surface area contributed by atoms with Crippen LogP contribution in [-0.2, 0) is 14.3 Å². The van der Waals surface area contributed by atoms with Gasteiger partial charge in [-0.3, -0.25) is 4.79 Å². The maximum atomic E-state index is 12.0. The molecule has 0 N–H and O–H groups in total. The zero-order chi connectivity index (χ0) is 20.9. The number of hydrogen-bond acceptors (Lipinski definition) is 4. The molecule has 6 nitrogen and oxygen atoms in total. The van der Waals surface area contributed by atoms with Gasteiger partial charge >= 0.3 is 5.97 Å². The highest BCUT2D eigenvalue weighted by Gasteiger charge is 2.22. The second-order valence-electron chi connectivity index (χ2n) is 9.75. The van der Waals surface area contributed by atoms with E-state index in [2.05, 4.69) is 21.1 Å². The van der Waals surface area contributed by atoms with Crippen molar-refractivity contribution in [3.05, 3.63) is 0 Å². The third-order valence-electron chi connectivity index (χ3n) is 4.40. The topological polar surface area (TPSA) is 66.4 Å². The molecule has 0 aliphatic heterocycles. The molecule has 160 valence electrons. The van der Waals surface area contributed by atoms with Crippen LogP contribution in [0.2, 0.25) is 0 Å². The Morgan fingerprint density at radius 3 is 1.70 bits per heavy atom. The lowest BCUT2D eigenvalue weighted by Gasteiger charge is -2.29. The van der Waals surface area contributed by atoms with Gasteiger partial charge in [0.25, 0.3) is 0 Å². The van der Waals surface area contributed by atoms with E-state index < -0.39 is 12.1 Å². The van der Waals surface area contributed by atoms with Crippen molar-refractivity contribution in [2.75, 3.05) is 55.4 Å². The number of rotatable bonds is 16. The van der Waals surface area contributed by atoms with E-state index in [1.807, 2.05) is 21.1 Å². The van der Waals surface area contributed by atoms with E-state index in [1.165, 1.54) is 38.6 Å². The molecule has 0 aliphatic carbocycles. The molecule has 0 saturated heterocycles. The number of unbranched alkanes of at least 4 members (excludes halogenated alkanes) is 7. The maximum absolute atomic E-state index is 12.0. The lowest BCUT2D eigenvalue weighted by Crippen LogP contribution is -2.45. The molecule has 0 bridgehead atoms. The van der Waals surface area contributed by atoms with Crippen LogP contribution in [0.1, 0.15) is 64.2 Å². The fraction of sp³-hybridized carbons (Fsp3) is 0.905. The van der Waals surface area contributed by atoms with E-state index in [4.69, 9.17) is 4.74 Å². The number of carboxylic acid groups (broad SMARTS) is 1. The molecule has 0 amide bonds. The van der Waals surface area contributed by atoms with Gasteiger partial charge in [0.2, 0.25) is 0 Å². The summed E-state index contributed by atoms with van der Waals surface area (Å²) in [5.41, 5.74) is 0. The third-order valence-corrected chi connectivity index (χ3v) is 4.40. The molecular formula is C21H43N2O4+. The minimum absolute atomic E-state index is 0.241. The standard InChI is InChI=1S/C21H43N2O4/c1-22(2,3)16-14-12-10-8-7-9-11-13-15-21(26)27-19(17-20(24)25)18-23(4,5)6/h19H,7-18H2,1-6H3/q+1/t19-/m1/s1. The quantitative estimate of drug-likeness (QED) is 0.231. The van der Waals surface area contributed by atoms with Crippen molar-refractivity contribution in [3.63, 3.8) is 0 Å². The largest absolute Gasteiger partial charge is 0.550 e. The number of carboxylic acids is 1. The number of nitrogens with zero attached hydrogens (tertiary/aromatic N) is 2. The highest BCUT2D eigenvalue weighted by Crippen LogP contribution is 2.12. The molecule has 0 spiro atoms. The van der Waals surface area contributed by atoms with Gasteiger partial charge < -0.3 is 23.6 Å². The van der Waals surface area contributed by atoms with Crippen molar-refractivity contribution in [3.8, 4) is 0 Å². The number of aliphatic carboxylic acids is 1. The van der Waals surface area contributed by atoms with Gasteiger partial charge in [-0.15, -0.1) is 0 Å². The minimum atomic E-state index is -1.18. The lowest BCUT2D eigenvalue weighted by atomic mass is 10.1. The van der Waals surface area contributed by atoms with E-state index in [0.29, 0.717) is 17.4 Å². The summed E-state index contributed by atoms with van der Waals surface area (Å²) in [7, 11) is 12.5. The highest BCUT2D eigenvalue weighted by atomic mass is 16.5. The van der Waals surface area contributed by atoms with E-state index >= 15 is 0 Å². The molecule has 0 aliphatic rings. The van der Waals surface area contributed by atoms with Crippen molar-refractivity contribution >= 4 is 11.9 Å². The molecule has 0 aromatic rings. The highest BCUT2D eigenvalue weighted by molar-refractivity contribution is 5.70. The van der Waals surface area contributed by atoms with Crippen LogP contribution in [0, 0.1) is 0 Å². The predicted octanol–water partition coefficient (Wildman–Crippen LogP) is 1.96. The second-order valence-corrected chi connectivity index (χ2v) is 9.75. The molecule has 1 atom stereocenters. The molecule has 0 saturated carbocycles. The molecule has 0 heterocycles. The molecule has 0 unspecified atom stereocenters. The molecule has 0 aromatic carbocycles. The van der Waals surface area contributed by atoms with Crippen molar-refractivity contribution in [1.82, 2.24) is 0 Å². The Balaban J connectivity index is 3.76. The minimum Gasteiger partial charge on any atom is -0.550 e. The number of likely N-dealkylation sites (N-methyl/N-ethyl adjacent to an activating group) is 1. The smallest absolute Gasteiger partial charge is 0.306 e. The van der Waals surface area contributed by atoms with Gasteiger partial charge in [0.15, 0.2) is 6.10 Å². The zero-order valence-electron chi connectivity index (χ0n) is 18.6. The number of carbonyl (C=O) groups excluding carboxylic acids is 2. The Hall–Kier alpha value is -1.14. The van der Waals surface area contributed by atoms with Crippen LogP contribution in [0.3, 0.4) is 0 Å². The molecule has 27 heavy (non-hydrogen) atoms. The molecular weight excluding hydrogens is 344 g/mol. The number of hydrogen-bond donors (Lipinski definition) is 0. The molecule has 0 radical (unpaired) electrons. The summed E-state index contributed by atoms with van der Waals surface area (Å²) in [6, 6.07) is 0. The maximum Gasteiger partial charge on any atom is 0.306 e. The number of carbonyl (C=O) groups is 2. The summed E-state index contributed by atoms with van der Waals surface area (Å²) in [6.07, 6.45) is 8.84. The number of esters is 1. The summed E-state index contributed by atoms with van der Waals surface area (Å²) in [4.78, 5) is 22.8. The monoisotopic (exact) mass is 387 g/mol. The van der Waals surface area contributed by atoms with Gasteiger partial charge in [-0.05, 0) is 19.3 Å². The average molecular weight is 388 g/mol. The average Bonchev–Trinajstić information content (AvgIpc) is 2.45. The van der Waals surface area contributed by atoms with Crippen LogP contribution < -0.4 is 5.11 Å². The number of quaternary nitrogens is 2. The van der Waals surface area contributed by atoms with E-state index in [0.717, 1.165) is 23.7 Å². The van der Waals surface area contributed by atoms with Gasteiger partial charge in [-0.1, -0.05) is 32.1 Å². The first kappa shape index (κ1) is 25.9. The number of ether oxygens (including phenoxy) is 1. The van der Waals surface area contributed by atoms with E-state index in [1.54, 1.807) is 0 Å². The Morgan fingerprint density at radius 1 is 0.778 bits per heavy atom. The van der Waals surface area contributed by atoms with Crippen LogP contribution in [0.15, 0.2) is 0 Å². The van der Waals surface area contributed by atoms with Crippen LogP contribution in [0.25, 0.3) is 0 Å². The third kappa shape index (κ3) is 19.4. The first-order valence-electron chi connectivity index (χ1n) is 10.4. The van der Waals surface area contributed by atoms with Crippen LogP contribution in [0.4, 0.5) is 0 Å². The summed E-state index contributed by atoms with van der Waals surface area (Å²) in [5.74, 6) is -1.47. The van der Waals surface area contributed by atoms with E-state index in [-0.39, 0.29) is 12.4 Å². The first-order valence-corrected chi connectivity index (χ1v) is 10.4.